The van der Waals surface area contributed by atoms with Gasteiger partial charge in [0, 0.05) is 32.3 Å². The second kappa shape index (κ2) is 7.68. The quantitative estimate of drug-likeness (QED) is 0.735. The smallest absolute Gasteiger partial charge is 0.246 e. The minimum atomic E-state index is -0.143. The molecule has 20 heavy (non-hydrogen) atoms. The summed E-state index contributed by atoms with van der Waals surface area (Å²) in [5.74, 6) is 0.237. The van der Waals surface area contributed by atoms with Crippen LogP contribution in [0.15, 0.2) is 11.6 Å². The molecule has 0 aliphatic carbocycles. The largest absolute Gasteiger partial charge is 0.340 e. The van der Waals surface area contributed by atoms with Gasteiger partial charge in [-0.25, -0.2) is 0 Å². The van der Waals surface area contributed by atoms with Crippen molar-refractivity contribution in [3.63, 3.8) is 0 Å². The maximum atomic E-state index is 12.2. The SMILES string of the molecule is C/C(=C\C(=O)N1CCCN(C(=O)CC#N)CC1)C(C)C. The minimum Gasteiger partial charge on any atom is -0.340 e. The summed E-state index contributed by atoms with van der Waals surface area (Å²) in [5.41, 5.74) is 1.07. The predicted octanol–water partition coefficient (Wildman–Crippen LogP) is 1.56. The van der Waals surface area contributed by atoms with Gasteiger partial charge in [0.05, 0.1) is 6.07 Å². The molecule has 1 aliphatic heterocycles. The summed E-state index contributed by atoms with van der Waals surface area (Å²) in [7, 11) is 0. The van der Waals surface area contributed by atoms with Crippen LogP contribution in [0.3, 0.4) is 0 Å². The Morgan fingerprint density at radius 3 is 2.40 bits per heavy atom. The number of allylic oxidation sites excluding steroid dienone is 1. The van der Waals surface area contributed by atoms with E-state index in [1.165, 1.54) is 0 Å². The van der Waals surface area contributed by atoms with E-state index in [2.05, 4.69) is 13.8 Å². The van der Waals surface area contributed by atoms with Crippen molar-refractivity contribution in [1.29, 1.82) is 5.26 Å². The van der Waals surface area contributed by atoms with Crippen molar-refractivity contribution in [2.75, 3.05) is 26.2 Å². The van der Waals surface area contributed by atoms with Crippen molar-refractivity contribution in [2.45, 2.75) is 33.6 Å². The topological polar surface area (TPSA) is 64.4 Å². The van der Waals surface area contributed by atoms with Gasteiger partial charge < -0.3 is 9.80 Å². The molecule has 110 valence electrons. The lowest BCUT2D eigenvalue weighted by molar-refractivity contribution is -0.131. The summed E-state index contributed by atoms with van der Waals surface area (Å²) >= 11 is 0. The Morgan fingerprint density at radius 2 is 1.80 bits per heavy atom. The van der Waals surface area contributed by atoms with E-state index >= 15 is 0 Å². The van der Waals surface area contributed by atoms with E-state index in [-0.39, 0.29) is 18.2 Å². The van der Waals surface area contributed by atoms with Crippen molar-refractivity contribution in [3.8, 4) is 6.07 Å². The fourth-order valence-corrected chi connectivity index (χ4v) is 2.02. The zero-order chi connectivity index (χ0) is 15.1. The van der Waals surface area contributed by atoms with Gasteiger partial charge >= 0.3 is 0 Å². The lowest BCUT2D eigenvalue weighted by Gasteiger charge is -2.21. The van der Waals surface area contributed by atoms with Crippen LogP contribution >= 0.6 is 0 Å². The highest BCUT2D eigenvalue weighted by Gasteiger charge is 2.20. The van der Waals surface area contributed by atoms with Crippen LogP contribution in [0.4, 0.5) is 0 Å². The summed E-state index contributed by atoms with van der Waals surface area (Å²) < 4.78 is 0. The van der Waals surface area contributed by atoms with Gasteiger partial charge in [-0.1, -0.05) is 19.4 Å². The molecule has 0 bridgehead atoms. The summed E-state index contributed by atoms with van der Waals surface area (Å²) in [4.78, 5) is 27.3. The minimum absolute atomic E-state index is 0.0192. The van der Waals surface area contributed by atoms with Crippen LogP contribution in [0, 0.1) is 17.2 Å². The van der Waals surface area contributed by atoms with E-state index in [0.29, 0.717) is 32.1 Å². The van der Waals surface area contributed by atoms with Gasteiger partial charge in [0.1, 0.15) is 6.42 Å². The average Bonchev–Trinajstić information content (AvgIpc) is 2.64. The third kappa shape index (κ3) is 4.69. The fraction of sp³-hybridized carbons (Fsp3) is 0.667. The van der Waals surface area contributed by atoms with Crippen molar-refractivity contribution in [2.24, 2.45) is 5.92 Å². The second-order valence-corrected chi connectivity index (χ2v) is 5.44. The first kappa shape index (κ1) is 16.2. The molecule has 1 aliphatic rings. The normalized spacial score (nSPS) is 16.9. The molecule has 0 unspecified atom stereocenters. The molecule has 2 amide bonds. The molecule has 0 N–H and O–H groups in total. The zero-order valence-corrected chi connectivity index (χ0v) is 12.6. The molecule has 1 saturated heterocycles. The maximum Gasteiger partial charge on any atom is 0.246 e. The van der Waals surface area contributed by atoms with Crippen LogP contribution in [-0.4, -0.2) is 47.8 Å². The molecule has 0 radical (unpaired) electrons. The number of hydrogen-bond acceptors (Lipinski definition) is 3. The number of nitriles is 1. The van der Waals surface area contributed by atoms with Gasteiger partial charge in [0.25, 0.3) is 0 Å². The van der Waals surface area contributed by atoms with E-state index in [0.717, 1.165) is 12.0 Å². The number of amides is 2. The third-order valence-electron chi connectivity index (χ3n) is 3.65. The monoisotopic (exact) mass is 277 g/mol. The molecule has 5 heteroatoms. The van der Waals surface area contributed by atoms with Crippen LogP contribution in [0.25, 0.3) is 0 Å². The highest BCUT2D eigenvalue weighted by molar-refractivity contribution is 5.88. The molecule has 0 spiro atoms. The van der Waals surface area contributed by atoms with E-state index in [1.807, 2.05) is 13.0 Å². The first-order valence-corrected chi connectivity index (χ1v) is 7.07. The van der Waals surface area contributed by atoms with Gasteiger partial charge in [-0.05, 0) is 19.3 Å². The summed E-state index contributed by atoms with van der Waals surface area (Å²) in [6.07, 6.45) is 2.37. The zero-order valence-electron chi connectivity index (χ0n) is 12.6. The second-order valence-electron chi connectivity index (χ2n) is 5.44. The molecular formula is C15H23N3O2. The number of nitrogens with zero attached hydrogens (tertiary/aromatic N) is 3. The molecule has 5 nitrogen and oxygen atoms in total. The average molecular weight is 277 g/mol. The number of carbonyl (C=O) groups excluding carboxylic acids is 2. The molecule has 0 aromatic rings. The Labute approximate surface area is 120 Å². The molecule has 0 saturated carbocycles. The highest BCUT2D eigenvalue weighted by Crippen LogP contribution is 2.10. The van der Waals surface area contributed by atoms with Crippen LogP contribution < -0.4 is 0 Å². The number of rotatable bonds is 3. The van der Waals surface area contributed by atoms with Gasteiger partial charge in [-0.2, -0.15) is 5.26 Å². The van der Waals surface area contributed by atoms with Gasteiger partial charge in [0.15, 0.2) is 0 Å². The summed E-state index contributed by atoms with van der Waals surface area (Å²) in [6.45, 7) is 8.42. The van der Waals surface area contributed by atoms with Crippen LogP contribution in [0.1, 0.15) is 33.6 Å². The Hall–Kier alpha value is -1.83. The van der Waals surface area contributed by atoms with E-state index in [1.54, 1.807) is 15.9 Å². The van der Waals surface area contributed by atoms with Crippen molar-refractivity contribution in [1.82, 2.24) is 9.80 Å². The summed E-state index contributed by atoms with van der Waals surface area (Å²) in [6, 6.07) is 1.88. The van der Waals surface area contributed by atoms with Crippen LogP contribution in [0.2, 0.25) is 0 Å². The molecule has 0 atom stereocenters. The Bertz CT molecular complexity index is 435. The summed E-state index contributed by atoms with van der Waals surface area (Å²) in [5, 5.41) is 8.56. The molecular weight excluding hydrogens is 254 g/mol. The third-order valence-corrected chi connectivity index (χ3v) is 3.65. The Kier molecular flexibility index (Phi) is 6.23. The molecule has 0 aromatic carbocycles. The van der Waals surface area contributed by atoms with Gasteiger partial charge in [-0.3, -0.25) is 9.59 Å². The molecule has 0 aromatic heterocycles. The maximum absolute atomic E-state index is 12.2. The molecule has 1 rings (SSSR count). The fourth-order valence-electron chi connectivity index (χ4n) is 2.02. The number of hydrogen-bond donors (Lipinski definition) is 0. The lowest BCUT2D eigenvalue weighted by Crippen LogP contribution is -2.36. The first-order valence-electron chi connectivity index (χ1n) is 7.07. The van der Waals surface area contributed by atoms with Gasteiger partial charge in [0.2, 0.25) is 11.8 Å². The van der Waals surface area contributed by atoms with Crippen molar-refractivity contribution in [3.05, 3.63) is 11.6 Å². The predicted molar refractivity (Wildman–Crippen MR) is 76.6 cm³/mol. The van der Waals surface area contributed by atoms with Gasteiger partial charge in [-0.15, -0.1) is 0 Å². The standard InChI is InChI=1S/C15H23N3O2/c1-12(2)13(3)11-15(20)18-8-4-7-17(9-10-18)14(19)5-6-16/h11-12H,4-5,7-10H2,1-3H3/b13-11+. The lowest BCUT2D eigenvalue weighted by atomic mass is 10.1. The molecule has 1 heterocycles. The Balaban J connectivity index is 2.60. The Morgan fingerprint density at radius 1 is 1.20 bits per heavy atom. The van der Waals surface area contributed by atoms with E-state index in [4.69, 9.17) is 5.26 Å². The van der Waals surface area contributed by atoms with Crippen molar-refractivity contribution < 1.29 is 9.59 Å². The first-order chi connectivity index (χ1) is 9.45. The number of carbonyl (C=O) groups is 2. The van der Waals surface area contributed by atoms with Crippen LogP contribution in [0.5, 0.6) is 0 Å². The van der Waals surface area contributed by atoms with E-state index in [9.17, 15) is 9.59 Å². The van der Waals surface area contributed by atoms with Crippen LogP contribution in [-0.2, 0) is 9.59 Å². The van der Waals surface area contributed by atoms with Crippen molar-refractivity contribution >= 4 is 11.8 Å². The molecule has 1 fully saturated rings. The van der Waals surface area contributed by atoms with E-state index < -0.39 is 0 Å². The highest BCUT2D eigenvalue weighted by atomic mass is 16.2.